The molecule has 2 aromatic rings. The van der Waals surface area contributed by atoms with Crippen LogP contribution in [-0.4, -0.2) is 30.9 Å². The maximum atomic E-state index is 11.1. The number of carbonyl (C=O) groups is 1. The summed E-state index contributed by atoms with van der Waals surface area (Å²) < 4.78 is 15.7. The van der Waals surface area contributed by atoms with Crippen molar-refractivity contribution in [3.05, 3.63) is 62.7 Å². The zero-order valence-corrected chi connectivity index (χ0v) is 15.9. The molecule has 1 amide bonds. The number of methoxy groups -OCH3 is 1. The molecule has 0 radical (unpaired) electrons. The summed E-state index contributed by atoms with van der Waals surface area (Å²) in [4.78, 5) is 21.7. The molecule has 0 atom stereocenters. The van der Waals surface area contributed by atoms with Gasteiger partial charge < -0.3 is 14.2 Å². The number of halogens is 1. The molecule has 2 rings (SSSR count). The van der Waals surface area contributed by atoms with Gasteiger partial charge >= 0.3 is 6.09 Å². The van der Waals surface area contributed by atoms with E-state index in [1.165, 1.54) is 19.4 Å². The van der Waals surface area contributed by atoms with Gasteiger partial charge in [-0.25, -0.2) is 10.2 Å². The maximum Gasteiger partial charge on any atom is 0.427 e. The van der Waals surface area contributed by atoms with E-state index >= 15 is 0 Å². The first-order valence-corrected chi connectivity index (χ1v) is 8.52. The Bertz CT molecular complexity index is 888. The first-order valence-electron chi connectivity index (χ1n) is 8.14. The summed E-state index contributed by atoms with van der Waals surface area (Å²) in [5.74, 6) is 0.591. The second kappa shape index (κ2) is 10.1. The molecule has 9 nitrogen and oxygen atoms in total. The van der Waals surface area contributed by atoms with E-state index in [1.807, 2.05) is 0 Å². The number of benzene rings is 2. The number of carbonyl (C=O) groups excluding carboxylic acids is 1. The Balaban J connectivity index is 2.24. The smallest absolute Gasteiger partial charge is 0.427 e. The van der Waals surface area contributed by atoms with E-state index in [-0.39, 0.29) is 23.1 Å². The molecule has 0 aromatic heterocycles. The monoisotopic (exact) mass is 407 g/mol. The zero-order chi connectivity index (χ0) is 20.5. The molecule has 0 spiro atoms. The molecule has 0 fully saturated rings. The molecule has 0 aliphatic heterocycles. The molecular weight excluding hydrogens is 390 g/mol. The standard InChI is InChI=1S/C18H18ClN3O6/c1-3-27-16-9-12(10-20-21-18(23)26-2)8-14(19)17(16)28-11-13-6-4-5-7-15(13)22(24)25/h4-10H,3,11H2,1-2H3,(H,21,23)/b20-10-. The number of ether oxygens (including phenoxy) is 3. The van der Waals surface area contributed by atoms with Gasteiger partial charge in [-0.3, -0.25) is 10.1 Å². The summed E-state index contributed by atoms with van der Waals surface area (Å²) in [6, 6.07) is 9.44. The Morgan fingerprint density at radius 1 is 1.32 bits per heavy atom. The molecule has 0 heterocycles. The van der Waals surface area contributed by atoms with Crippen molar-refractivity contribution in [2.24, 2.45) is 5.10 Å². The number of hydrogen-bond donors (Lipinski definition) is 1. The number of nitro benzene ring substituents is 1. The highest BCUT2D eigenvalue weighted by Gasteiger charge is 2.16. The predicted molar refractivity (Wildman–Crippen MR) is 103 cm³/mol. The lowest BCUT2D eigenvalue weighted by Gasteiger charge is -2.14. The lowest BCUT2D eigenvalue weighted by Crippen LogP contribution is -2.16. The highest BCUT2D eigenvalue weighted by molar-refractivity contribution is 6.32. The minimum Gasteiger partial charge on any atom is -0.490 e. The summed E-state index contributed by atoms with van der Waals surface area (Å²) in [6.07, 6.45) is 0.647. The van der Waals surface area contributed by atoms with Gasteiger partial charge in [0.25, 0.3) is 5.69 Å². The van der Waals surface area contributed by atoms with Gasteiger partial charge in [-0.15, -0.1) is 0 Å². The summed E-state index contributed by atoms with van der Waals surface area (Å²) >= 11 is 6.30. The third kappa shape index (κ3) is 5.58. The van der Waals surface area contributed by atoms with Crippen LogP contribution in [0.15, 0.2) is 41.5 Å². The normalized spacial score (nSPS) is 10.5. The van der Waals surface area contributed by atoms with Crippen molar-refractivity contribution >= 4 is 29.6 Å². The van der Waals surface area contributed by atoms with Crippen molar-refractivity contribution in [3.63, 3.8) is 0 Å². The van der Waals surface area contributed by atoms with E-state index in [1.54, 1.807) is 37.3 Å². The first kappa shape index (κ1) is 21.0. The average Bonchev–Trinajstić information content (AvgIpc) is 2.67. The van der Waals surface area contributed by atoms with E-state index in [0.717, 1.165) is 0 Å². The molecule has 148 valence electrons. The molecule has 0 aliphatic rings. The van der Waals surface area contributed by atoms with E-state index in [9.17, 15) is 14.9 Å². The second-order valence-corrected chi connectivity index (χ2v) is 5.71. The molecule has 0 unspecified atom stereocenters. The highest BCUT2D eigenvalue weighted by Crippen LogP contribution is 2.37. The van der Waals surface area contributed by atoms with Crippen LogP contribution < -0.4 is 14.9 Å². The largest absolute Gasteiger partial charge is 0.490 e. The van der Waals surface area contributed by atoms with Gasteiger partial charge in [-0.2, -0.15) is 5.10 Å². The van der Waals surface area contributed by atoms with Gasteiger partial charge in [-0.1, -0.05) is 23.7 Å². The van der Waals surface area contributed by atoms with Crippen LogP contribution in [0, 0.1) is 10.1 Å². The first-order chi connectivity index (χ1) is 13.5. The van der Waals surface area contributed by atoms with Crippen molar-refractivity contribution in [1.29, 1.82) is 0 Å². The highest BCUT2D eigenvalue weighted by atomic mass is 35.5. The number of nitrogens with zero attached hydrogens (tertiary/aromatic N) is 2. The SMILES string of the molecule is CCOc1cc(/C=N\NC(=O)OC)cc(Cl)c1OCc1ccccc1[N+](=O)[O-]. The van der Waals surface area contributed by atoms with Crippen LogP contribution in [0.1, 0.15) is 18.1 Å². The topological polar surface area (TPSA) is 112 Å². The Morgan fingerprint density at radius 2 is 2.07 bits per heavy atom. The number of para-hydroxylation sites is 1. The Kier molecular flexibility index (Phi) is 7.58. The Morgan fingerprint density at radius 3 is 2.75 bits per heavy atom. The fourth-order valence-corrected chi connectivity index (χ4v) is 2.51. The lowest BCUT2D eigenvalue weighted by atomic mass is 10.2. The molecule has 1 N–H and O–H groups in total. The van der Waals surface area contributed by atoms with Gasteiger partial charge in [0.15, 0.2) is 11.5 Å². The molecule has 0 saturated carbocycles. The molecular formula is C18H18ClN3O6. The summed E-state index contributed by atoms with van der Waals surface area (Å²) in [5.41, 5.74) is 3.06. The van der Waals surface area contributed by atoms with Crippen LogP contribution >= 0.6 is 11.6 Å². The molecule has 10 heteroatoms. The molecule has 0 bridgehead atoms. The number of hydrazone groups is 1. The number of amides is 1. The molecule has 28 heavy (non-hydrogen) atoms. The van der Waals surface area contributed by atoms with Crippen LogP contribution in [0.2, 0.25) is 5.02 Å². The van der Waals surface area contributed by atoms with E-state index in [2.05, 4.69) is 15.3 Å². The van der Waals surface area contributed by atoms with Crippen LogP contribution in [0.3, 0.4) is 0 Å². The van der Waals surface area contributed by atoms with Gasteiger partial charge in [0, 0.05) is 6.07 Å². The van der Waals surface area contributed by atoms with Crippen LogP contribution in [0.4, 0.5) is 10.5 Å². The fraction of sp³-hybridized carbons (Fsp3) is 0.222. The third-order valence-corrected chi connectivity index (χ3v) is 3.73. The molecule has 0 aliphatic carbocycles. The van der Waals surface area contributed by atoms with Crippen molar-refractivity contribution in [1.82, 2.24) is 5.43 Å². The summed E-state index contributed by atoms with van der Waals surface area (Å²) in [7, 11) is 1.22. The maximum absolute atomic E-state index is 11.1. The molecule has 0 saturated heterocycles. The van der Waals surface area contributed by atoms with Gasteiger partial charge in [-0.05, 0) is 30.7 Å². The van der Waals surface area contributed by atoms with Crippen molar-refractivity contribution in [2.75, 3.05) is 13.7 Å². The fourth-order valence-electron chi connectivity index (χ4n) is 2.23. The minimum absolute atomic E-state index is 0.0470. The third-order valence-electron chi connectivity index (χ3n) is 3.45. The Hall–Kier alpha value is -3.33. The molecule has 2 aromatic carbocycles. The van der Waals surface area contributed by atoms with Crippen LogP contribution in [-0.2, 0) is 11.3 Å². The van der Waals surface area contributed by atoms with Crippen molar-refractivity contribution in [2.45, 2.75) is 13.5 Å². The van der Waals surface area contributed by atoms with E-state index < -0.39 is 11.0 Å². The number of nitrogens with one attached hydrogen (secondary N) is 1. The predicted octanol–water partition coefficient (Wildman–Crippen LogP) is 3.92. The minimum atomic E-state index is -0.711. The van der Waals surface area contributed by atoms with Crippen LogP contribution in [0.5, 0.6) is 11.5 Å². The van der Waals surface area contributed by atoms with Gasteiger partial charge in [0.2, 0.25) is 0 Å². The number of rotatable bonds is 8. The van der Waals surface area contributed by atoms with E-state index in [4.69, 9.17) is 21.1 Å². The summed E-state index contributed by atoms with van der Waals surface area (Å²) in [6.45, 7) is 2.08. The second-order valence-electron chi connectivity index (χ2n) is 5.30. The number of nitro groups is 1. The number of hydrogen-bond acceptors (Lipinski definition) is 7. The Labute approximate surface area is 166 Å². The summed E-state index contributed by atoms with van der Waals surface area (Å²) in [5, 5.41) is 15.1. The van der Waals surface area contributed by atoms with Crippen molar-refractivity contribution in [3.8, 4) is 11.5 Å². The van der Waals surface area contributed by atoms with Crippen LogP contribution in [0.25, 0.3) is 0 Å². The van der Waals surface area contributed by atoms with Gasteiger partial charge in [0.05, 0.1) is 35.4 Å². The quantitative estimate of drug-likeness (QED) is 0.403. The zero-order valence-electron chi connectivity index (χ0n) is 15.2. The van der Waals surface area contributed by atoms with Crippen molar-refractivity contribution < 1.29 is 23.9 Å². The van der Waals surface area contributed by atoms with E-state index in [0.29, 0.717) is 23.5 Å². The van der Waals surface area contributed by atoms with Gasteiger partial charge in [0.1, 0.15) is 6.61 Å². The lowest BCUT2D eigenvalue weighted by molar-refractivity contribution is -0.385. The average molecular weight is 408 g/mol.